The second kappa shape index (κ2) is 7.55. The van der Waals surface area contributed by atoms with E-state index >= 15 is 0 Å². The Bertz CT molecular complexity index is 1020. The summed E-state index contributed by atoms with van der Waals surface area (Å²) < 4.78 is 12.6. The summed E-state index contributed by atoms with van der Waals surface area (Å²) in [5.41, 5.74) is 4.32. The quantitative estimate of drug-likeness (QED) is 0.792. The first kappa shape index (κ1) is 19.7. The van der Waals surface area contributed by atoms with Gasteiger partial charge in [0.05, 0.1) is 34.0 Å². The molecule has 164 valence electrons. The molecule has 0 radical (unpaired) electrons. The lowest BCUT2D eigenvalue weighted by atomic mass is 9.76. The first-order chi connectivity index (χ1) is 15.2. The van der Waals surface area contributed by atoms with Crippen LogP contribution in [-0.4, -0.2) is 56.8 Å². The van der Waals surface area contributed by atoms with Crippen LogP contribution >= 0.6 is 0 Å². The zero-order valence-corrected chi connectivity index (χ0v) is 18.7. The van der Waals surface area contributed by atoms with Crippen LogP contribution in [-0.2, 0) is 23.6 Å². The molecule has 1 saturated carbocycles. The molecule has 2 fully saturated rings. The first-order valence-electron chi connectivity index (χ1n) is 11.7. The predicted molar refractivity (Wildman–Crippen MR) is 122 cm³/mol. The number of benzene rings is 1. The van der Waals surface area contributed by atoms with Gasteiger partial charge < -0.3 is 14.9 Å². The summed E-state index contributed by atoms with van der Waals surface area (Å²) in [6.45, 7) is 2.70. The van der Waals surface area contributed by atoms with Crippen molar-refractivity contribution in [3.8, 4) is 0 Å². The van der Waals surface area contributed by atoms with Gasteiger partial charge in [-0.25, -0.2) is 4.98 Å². The Morgan fingerprint density at radius 1 is 1.13 bits per heavy atom. The van der Waals surface area contributed by atoms with E-state index < -0.39 is 10.8 Å². The average Bonchev–Trinajstić information content (AvgIpc) is 2.76. The predicted octanol–water partition coefficient (Wildman–Crippen LogP) is 2.80. The van der Waals surface area contributed by atoms with E-state index in [1.807, 2.05) is 0 Å². The fourth-order valence-electron chi connectivity index (χ4n) is 5.69. The van der Waals surface area contributed by atoms with Crippen LogP contribution in [0.25, 0.3) is 0 Å². The van der Waals surface area contributed by atoms with Crippen LogP contribution in [0.15, 0.2) is 29.3 Å². The van der Waals surface area contributed by atoms with E-state index in [9.17, 15) is 9.32 Å². The van der Waals surface area contributed by atoms with Crippen LogP contribution in [0.4, 0.5) is 11.8 Å². The molecule has 6 rings (SSSR count). The molecule has 0 amide bonds. The summed E-state index contributed by atoms with van der Waals surface area (Å²) in [6, 6.07) is 7.07. The first-order valence-corrected chi connectivity index (χ1v) is 13.0. The summed E-state index contributed by atoms with van der Waals surface area (Å²) in [4.78, 5) is 14.8. The lowest BCUT2D eigenvalue weighted by Gasteiger charge is -2.51. The Balaban J connectivity index is 1.22. The van der Waals surface area contributed by atoms with Crippen molar-refractivity contribution in [1.29, 1.82) is 0 Å². The molecule has 1 aromatic heterocycles. The monoisotopic (exact) mass is 438 g/mol. The maximum Gasteiger partial charge on any atom is 0.227 e. The summed E-state index contributed by atoms with van der Waals surface area (Å²) in [7, 11) is -1.06. The van der Waals surface area contributed by atoms with Crippen molar-refractivity contribution < 1.29 is 9.32 Å². The molecule has 1 atom stereocenters. The summed E-state index contributed by atoms with van der Waals surface area (Å²) in [5, 5.41) is 10.1. The fraction of sp³-hybridized carbons (Fsp3) is 0.583. The minimum Gasteiger partial charge on any atom is -0.394 e. The molecule has 6 nitrogen and oxygen atoms in total. The number of fused-ring (bicyclic) bond motifs is 2. The van der Waals surface area contributed by atoms with Gasteiger partial charge in [0.15, 0.2) is 5.82 Å². The molecule has 2 aromatic rings. The lowest BCUT2D eigenvalue weighted by molar-refractivity contribution is 0.115. The van der Waals surface area contributed by atoms with Crippen molar-refractivity contribution >= 4 is 22.6 Å². The molecule has 7 heteroatoms. The number of nitrogens with zero attached hydrogens (tertiary/aromatic N) is 4. The smallest absolute Gasteiger partial charge is 0.227 e. The Morgan fingerprint density at radius 2 is 1.94 bits per heavy atom. The topological polar surface area (TPSA) is 69.6 Å². The van der Waals surface area contributed by atoms with E-state index in [0.29, 0.717) is 18.2 Å². The SMILES string of the molecule is O=[S@@]1CCN(C2(CO)CCC2)c2nc(N3CCC(c4ccc5c(c4)CC5)CC3)ncc21. The van der Waals surface area contributed by atoms with Gasteiger partial charge in [-0.1, -0.05) is 18.2 Å². The highest BCUT2D eigenvalue weighted by molar-refractivity contribution is 7.85. The van der Waals surface area contributed by atoms with Crippen LogP contribution in [0, 0.1) is 0 Å². The molecule has 0 unspecified atom stereocenters. The second-order valence-electron chi connectivity index (χ2n) is 9.58. The fourth-order valence-corrected chi connectivity index (χ4v) is 6.79. The maximum absolute atomic E-state index is 12.6. The highest BCUT2D eigenvalue weighted by Crippen LogP contribution is 2.43. The van der Waals surface area contributed by atoms with Crippen LogP contribution in [0.1, 0.15) is 54.7 Å². The van der Waals surface area contributed by atoms with Gasteiger partial charge >= 0.3 is 0 Å². The van der Waals surface area contributed by atoms with E-state index in [0.717, 1.165) is 61.9 Å². The highest BCUT2D eigenvalue weighted by atomic mass is 32.2. The van der Waals surface area contributed by atoms with E-state index in [1.54, 1.807) is 11.8 Å². The maximum atomic E-state index is 12.6. The Kier molecular flexibility index (Phi) is 4.79. The standard InChI is InChI=1S/C24H30N4O2S/c29-16-24(8-1-9-24)28-12-13-31(30)21-15-25-23(26-22(21)28)27-10-6-18(7-11-27)20-5-3-17-2-4-19(17)14-20/h3,5,14-15,18,29H,1-2,4,6-13,16H2/t31-/m1/s1. The number of aliphatic hydroxyl groups is 1. The van der Waals surface area contributed by atoms with Crippen LogP contribution in [0.3, 0.4) is 0 Å². The van der Waals surface area contributed by atoms with E-state index in [4.69, 9.17) is 4.98 Å². The number of anilines is 2. The number of piperidine rings is 1. The normalized spacial score (nSPS) is 24.7. The van der Waals surface area contributed by atoms with Gasteiger partial charge in [0.1, 0.15) is 0 Å². The van der Waals surface area contributed by atoms with Gasteiger partial charge in [0, 0.05) is 25.4 Å². The molecule has 0 spiro atoms. The zero-order chi connectivity index (χ0) is 21.0. The molecule has 2 aliphatic heterocycles. The third kappa shape index (κ3) is 3.20. The Hall–Kier alpha value is -1.99. The molecule has 1 aromatic carbocycles. The third-order valence-corrected chi connectivity index (χ3v) is 9.35. The van der Waals surface area contributed by atoms with Crippen molar-refractivity contribution in [2.45, 2.75) is 61.3 Å². The van der Waals surface area contributed by atoms with Gasteiger partial charge in [0.2, 0.25) is 5.95 Å². The average molecular weight is 439 g/mol. The van der Waals surface area contributed by atoms with Gasteiger partial charge in [-0.3, -0.25) is 4.21 Å². The second-order valence-corrected chi connectivity index (χ2v) is 11.1. The van der Waals surface area contributed by atoms with Crippen LogP contribution < -0.4 is 9.80 Å². The number of aliphatic hydroxyl groups excluding tert-OH is 1. The molecule has 3 heterocycles. The number of hydrogen-bond acceptors (Lipinski definition) is 6. The molecular formula is C24H30N4O2S. The van der Waals surface area contributed by atoms with Crippen LogP contribution in [0.2, 0.25) is 0 Å². The molecule has 4 aliphatic rings. The van der Waals surface area contributed by atoms with Crippen molar-refractivity contribution in [1.82, 2.24) is 9.97 Å². The third-order valence-electron chi connectivity index (χ3n) is 8.02. The number of rotatable bonds is 4. The van der Waals surface area contributed by atoms with Gasteiger partial charge in [-0.05, 0) is 67.6 Å². The minimum absolute atomic E-state index is 0.130. The van der Waals surface area contributed by atoms with Gasteiger partial charge in [-0.15, -0.1) is 0 Å². The van der Waals surface area contributed by atoms with E-state index in [1.165, 1.54) is 24.0 Å². The molecular weight excluding hydrogens is 408 g/mol. The Morgan fingerprint density at radius 3 is 2.58 bits per heavy atom. The molecule has 1 N–H and O–H groups in total. The van der Waals surface area contributed by atoms with Crippen molar-refractivity contribution in [2.75, 3.05) is 41.8 Å². The lowest BCUT2D eigenvalue weighted by Crippen LogP contribution is -2.59. The number of hydrogen-bond donors (Lipinski definition) is 1. The summed E-state index contributed by atoms with van der Waals surface area (Å²) in [5.74, 6) is 2.72. The highest BCUT2D eigenvalue weighted by Gasteiger charge is 2.45. The van der Waals surface area contributed by atoms with E-state index in [-0.39, 0.29) is 12.1 Å². The summed E-state index contributed by atoms with van der Waals surface area (Å²) in [6.07, 6.45) is 9.53. The molecule has 31 heavy (non-hydrogen) atoms. The van der Waals surface area contributed by atoms with Gasteiger partial charge in [0.25, 0.3) is 0 Å². The largest absolute Gasteiger partial charge is 0.394 e. The number of aryl methyl sites for hydroxylation is 2. The molecule has 0 bridgehead atoms. The van der Waals surface area contributed by atoms with Crippen molar-refractivity contribution in [2.24, 2.45) is 0 Å². The van der Waals surface area contributed by atoms with Crippen molar-refractivity contribution in [3.63, 3.8) is 0 Å². The zero-order valence-electron chi connectivity index (χ0n) is 17.9. The van der Waals surface area contributed by atoms with E-state index in [2.05, 4.69) is 33.0 Å². The van der Waals surface area contributed by atoms with Gasteiger partial charge in [-0.2, -0.15) is 4.98 Å². The van der Waals surface area contributed by atoms with Crippen LogP contribution in [0.5, 0.6) is 0 Å². The summed E-state index contributed by atoms with van der Waals surface area (Å²) >= 11 is 0. The van der Waals surface area contributed by atoms with Crippen molar-refractivity contribution in [3.05, 3.63) is 41.1 Å². The minimum atomic E-state index is -1.06. The Labute approximate surface area is 186 Å². The molecule has 1 saturated heterocycles. The number of aromatic nitrogens is 2. The molecule has 2 aliphatic carbocycles.